The maximum atomic E-state index is 2.48. The van der Waals surface area contributed by atoms with E-state index in [1.807, 2.05) is 0 Å². The third-order valence-electron chi connectivity index (χ3n) is 6.02. The van der Waals surface area contributed by atoms with E-state index in [1.165, 1.54) is 17.0 Å². The Hall–Kier alpha value is -2.17. The topological polar surface area (TPSA) is 0 Å². The van der Waals surface area contributed by atoms with E-state index in [2.05, 4.69) is 110 Å². The van der Waals surface area contributed by atoms with E-state index in [4.69, 9.17) is 0 Å². The maximum absolute atomic E-state index is 2.48. The molecule has 0 aliphatic heterocycles. The molecule has 0 heterocycles. The minimum atomic E-state index is -2.20. The van der Waals surface area contributed by atoms with E-state index in [-0.39, 0.29) is 5.16 Å². The fourth-order valence-corrected chi connectivity index (χ4v) is 11.0. The van der Waals surface area contributed by atoms with Crippen molar-refractivity contribution in [2.75, 3.05) is 0 Å². The zero-order valence-electron chi connectivity index (χ0n) is 15.4. The summed E-state index contributed by atoms with van der Waals surface area (Å²) in [5.74, 6) is 0. The molecular weight excluding hydrogens is 331 g/mol. The Labute approximate surface area is 158 Å². The Morgan fingerprint density at radius 3 is 1.92 bits per heavy atom. The van der Waals surface area contributed by atoms with Crippen molar-refractivity contribution in [1.29, 1.82) is 0 Å². The monoisotopic (exact) mass is 358 g/mol. The summed E-state index contributed by atoms with van der Waals surface area (Å²) in [7, 11) is -2.20. The molecule has 0 spiro atoms. The Balaban J connectivity index is 2.07. The van der Waals surface area contributed by atoms with Gasteiger partial charge in [-0.3, -0.25) is 0 Å². The number of allylic oxidation sites excluding steroid dienone is 8. The van der Waals surface area contributed by atoms with Crippen molar-refractivity contribution in [2.45, 2.75) is 31.3 Å². The van der Waals surface area contributed by atoms with Crippen LogP contribution in [0.3, 0.4) is 0 Å². The minimum absolute atomic E-state index is 0.126. The summed E-state index contributed by atoms with van der Waals surface area (Å²) in [6.07, 6.45) is 19.7. The van der Waals surface area contributed by atoms with E-state index in [9.17, 15) is 0 Å². The molecule has 0 nitrogen and oxygen atoms in total. The van der Waals surface area contributed by atoms with Crippen LogP contribution in [0.1, 0.15) is 26.2 Å². The molecule has 0 saturated heterocycles. The predicted octanol–water partition coefficient (Wildman–Crippen LogP) is 5.90. The molecule has 4 rings (SSSR count). The van der Waals surface area contributed by atoms with Gasteiger partial charge in [-0.05, 0) is 0 Å². The molecule has 0 saturated carbocycles. The van der Waals surface area contributed by atoms with E-state index in [0.717, 1.165) is 12.8 Å². The molecule has 1 unspecified atom stereocenters. The van der Waals surface area contributed by atoms with Crippen molar-refractivity contribution >= 4 is 17.9 Å². The van der Waals surface area contributed by atoms with Gasteiger partial charge in [0.1, 0.15) is 0 Å². The molecule has 1 atom stereocenters. The number of rotatable bonds is 4. The molecule has 0 radical (unpaired) electrons. The van der Waals surface area contributed by atoms with Crippen molar-refractivity contribution in [1.82, 2.24) is 0 Å². The van der Waals surface area contributed by atoms with Crippen LogP contribution < -0.4 is 10.6 Å². The van der Waals surface area contributed by atoms with Crippen LogP contribution in [-0.4, -0.2) is 5.16 Å². The van der Waals surface area contributed by atoms with Crippen LogP contribution in [0.25, 0.3) is 0 Å². The van der Waals surface area contributed by atoms with Crippen molar-refractivity contribution in [3.63, 3.8) is 0 Å². The summed E-state index contributed by atoms with van der Waals surface area (Å²) >= 11 is 0. The molecular formula is C25H27P. The van der Waals surface area contributed by atoms with Gasteiger partial charge in [0.2, 0.25) is 0 Å². The van der Waals surface area contributed by atoms with E-state index >= 15 is 0 Å². The first-order valence-corrected chi connectivity index (χ1v) is 11.6. The summed E-state index contributed by atoms with van der Waals surface area (Å²) in [4.78, 5) is 0. The predicted molar refractivity (Wildman–Crippen MR) is 118 cm³/mol. The number of benzene rings is 2. The Morgan fingerprint density at radius 1 is 0.769 bits per heavy atom. The molecule has 2 aliphatic carbocycles. The van der Waals surface area contributed by atoms with Gasteiger partial charge in [-0.2, -0.15) is 0 Å². The molecule has 2 aromatic carbocycles. The number of hydrogen-bond acceptors (Lipinski definition) is 0. The summed E-state index contributed by atoms with van der Waals surface area (Å²) in [5, 5.41) is 4.83. The van der Waals surface area contributed by atoms with Crippen LogP contribution in [0, 0.1) is 0 Å². The third-order valence-corrected chi connectivity index (χ3v) is 11.9. The SMILES string of the molecule is CC1([PH](C2=CC=CCC2)(c2ccccc2)c2ccccc2)C=CC=CC1. The van der Waals surface area contributed by atoms with Crippen LogP contribution in [0.2, 0.25) is 0 Å². The molecule has 0 bridgehead atoms. The van der Waals surface area contributed by atoms with Crippen LogP contribution in [-0.2, 0) is 0 Å². The van der Waals surface area contributed by atoms with Gasteiger partial charge < -0.3 is 0 Å². The third kappa shape index (κ3) is 2.74. The van der Waals surface area contributed by atoms with Crippen molar-refractivity contribution < 1.29 is 0 Å². The molecule has 2 aromatic rings. The van der Waals surface area contributed by atoms with Crippen molar-refractivity contribution in [3.05, 3.63) is 109 Å². The van der Waals surface area contributed by atoms with Gasteiger partial charge >= 0.3 is 158 Å². The first-order chi connectivity index (χ1) is 12.8. The fourth-order valence-electron chi connectivity index (χ4n) is 4.86. The molecule has 2 aliphatic rings. The molecule has 26 heavy (non-hydrogen) atoms. The van der Waals surface area contributed by atoms with E-state index in [1.54, 1.807) is 5.31 Å². The van der Waals surface area contributed by atoms with Gasteiger partial charge in [-0.1, -0.05) is 0 Å². The summed E-state index contributed by atoms with van der Waals surface area (Å²) in [6, 6.07) is 22.6. The first kappa shape index (κ1) is 17.3. The molecule has 1 heteroatoms. The number of hydrogen-bond donors (Lipinski definition) is 0. The summed E-state index contributed by atoms with van der Waals surface area (Å²) in [6.45, 7) is 2.48. The standard InChI is InChI=1S/C25H27P/c1-25(20-12-5-13-21-25)26(22-14-6-2-7-15-22,23-16-8-3-9-17-23)24-18-10-4-11-19-24/h2-10,12-18,20,26H,11,19,21H2,1H3. The Kier molecular flexibility index (Phi) is 4.79. The second kappa shape index (κ2) is 7.22. The second-order valence-electron chi connectivity index (χ2n) is 7.55. The van der Waals surface area contributed by atoms with Gasteiger partial charge in [0.15, 0.2) is 0 Å². The normalized spacial score (nSPS) is 22.9. The van der Waals surface area contributed by atoms with E-state index in [0.29, 0.717) is 0 Å². The first-order valence-electron chi connectivity index (χ1n) is 9.59. The summed E-state index contributed by atoms with van der Waals surface area (Å²) in [5.41, 5.74) is 0. The van der Waals surface area contributed by atoms with Crippen molar-refractivity contribution in [3.8, 4) is 0 Å². The molecule has 132 valence electrons. The zero-order chi connectivity index (χ0) is 17.9. The van der Waals surface area contributed by atoms with E-state index < -0.39 is 7.26 Å². The van der Waals surface area contributed by atoms with Gasteiger partial charge in [0.25, 0.3) is 0 Å². The van der Waals surface area contributed by atoms with Gasteiger partial charge in [0, 0.05) is 0 Å². The van der Waals surface area contributed by atoms with Gasteiger partial charge in [0.05, 0.1) is 0 Å². The van der Waals surface area contributed by atoms with Crippen molar-refractivity contribution in [2.24, 2.45) is 0 Å². The fraction of sp³-hybridized carbons (Fsp3) is 0.200. The molecule has 0 fully saturated rings. The van der Waals surface area contributed by atoms with Crippen LogP contribution in [0.15, 0.2) is 109 Å². The molecule has 0 aromatic heterocycles. The zero-order valence-corrected chi connectivity index (χ0v) is 16.4. The van der Waals surface area contributed by atoms with Crippen LogP contribution in [0.5, 0.6) is 0 Å². The van der Waals surface area contributed by atoms with Gasteiger partial charge in [-0.15, -0.1) is 0 Å². The average Bonchev–Trinajstić information content (AvgIpc) is 2.71. The Bertz CT molecular complexity index is 831. The van der Waals surface area contributed by atoms with Crippen LogP contribution >= 0.6 is 7.26 Å². The average molecular weight is 358 g/mol. The molecule has 0 amide bonds. The quantitative estimate of drug-likeness (QED) is 0.597. The molecule has 0 N–H and O–H groups in total. The summed E-state index contributed by atoms with van der Waals surface area (Å²) < 4.78 is 0. The Morgan fingerprint density at radius 2 is 1.42 bits per heavy atom. The second-order valence-corrected chi connectivity index (χ2v) is 12.0. The van der Waals surface area contributed by atoms with Gasteiger partial charge in [-0.25, -0.2) is 0 Å². The van der Waals surface area contributed by atoms with Crippen LogP contribution in [0.4, 0.5) is 0 Å².